The van der Waals surface area contributed by atoms with Gasteiger partial charge in [-0.2, -0.15) is 15.0 Å². The lowest BCUT2D eigenvalue weighted by molar-refractivity contribution is 0.0828. The fourth-order valence-electron chi connectivity index (χ4n) is 1.53. The Morgan fingerprint density at radius 2 is 1.76 bits per heavy atom. The zero-order valence-electron chi connectivity index (χ0n) is 11.4. The molecule has 0 saturated carbocycles. The Bertz CT molecular complexity index is 563. The number of hydrogen-bond acceptors (Lipinski definition) is 9. The van der Waals surface area contributed by atoms with Crippen molar-refractivity contribution in [2.75, 3.05) is 37.5 Å². The predicted molar refractivity (Wildman–Crippen MR) is 74.1 cm³/mol. The number of nitrogens with zero attached hydrogens (tertiary/aromatic N) is 5. The van der Waals surface area contributed by atoms with E-state index in [1.165, 1.54) is 6.33 Å². The lowest BCUT2D eigenvalue weighted by Crippen LogP contribution is -2.49. The summed E-state index contributed by atoms with van der Waals surface area (Å²) in [4.78, 5) is 16.3. The molecule has 0 fully saturated rings. The standard InChI is InChI=1S/C11H17N7O3/c1-12-8-14-9(17-11(4-19,5-20)6-21)16-10(15-8)18-3-2-13-7-18/h2-3,7,19-21H,4-6H2,1H3,(H2,12,14,15,16,17). The molecule has 2 aromatic heterocycles. The van der Waals surface area contributed by atoms with E-state index in [-0.39, 0.29) is 5.95 Å². The van der Waals surface area contributed by atoms with E-state index in [0.29, 0.717) is 11.9 Å². The second-order valence-electron chi connectivity index (χ2n) is 4.38. The molecule has 0 atom stereocenters. The molecule has 10 nitrogen and oxygen atoms in total. The van der Waals surface area contributed by atoms with Gasteiger partial charge >= 0.3 is 0 Å². The number of aromatic nitrogens is 5. The summed E-state index contributed by atoms with van der Waals surface area (Å²) in [6, 6.07) is 0. The normalized spacial score (nSPS) is 11.4. The Labute approximate surface area is 120 Å². The van der Waals surface area contributed by atoms with Gasteiger partial charge in [0, 0.05) is 19.4 Å². The summed E-state index contributed by atoms with van der Waals surface area (Å²) in [5, 5.41) is 33.5. The molecule has 2 rings (SSSR count). The van der Waals surface area contributed by atoms with Crippen molar-refractivity contribution >= 4 is 11.9 Å². The number of aliphatic hydroxyl groups excluding tert-OH is 3. The first-order chi connectivity index (χ1) is 10.2. The van der Waals surface area contributed by atoms with E-state index in [9.17, 15) is 15.3 Å². The van der Waals surface area contributed by atoms with Crippen LogP contribution in [0.1, 0.15) is 0 Å². The molecular formula is C11H17N7O3. The molecule has 2 heterocycles. The van der Waals surface area contributed by atoms with Crippen LogP contribution in [0.25, 0.3) is 5.95 Å². The van der Waals surface area contributed by atoms with E-state index in [4.69, 9.17) is 0 Å². The average Bonchev–Trinajstić information content (AvgIpc) is 3.07. The molecule has 0 saturated heterocycles. The molecule has 0 amide bonds. The van der Waals surface area contributed by atoms with E-state index in [0.717, 1.165) is 0 Å². The van der Waals surface area contributed by atoms with Crippen LogP contribution in [0.2, 0.25) is 0 Å². The van der Waals surface area contributed by atoms with Crippen molar-refractivity contribution in [1.82, 2.24) is 24.5 Å². The molecule has 0 aliphatic carbocycles. The summed E-state index contributed by atoms with van der Waals surface area (Å²) >= 11 is 0. The average molecular weight is 295 g/mol. The minimum atomic E-state index is -1.32. The maximum absolute atomic E-state index is 9.33. The van der Waals surface area contributed by atoms with Gasteiger partial charge in [0.1, 0.15) is 11.9 Å². The second-order valence-corrected chi connectivity index (χ2v) is 4.38. The largest absolute Gasteiger partial charge is 0.394 e. The molecule has 0 aliphatic heterocycles. The minimum absolute atomic E-state index is 0.107. The maximum Gasteiger partial charge on any atom is 0.241 e. The summed E-state index contributed by atoms with van der Waals surface area (Å²) in [7, 11) is 1.65. The highest BCUT2D eigenvalue weighted by molar-refractivity contribution is 5.39. The van der Waals surface area contributed by atoms with Crippen molar-refractivity contribution in [3.63, 3.8) is 0 Å². The number of rotatable bonds is 7. The van der Waals surface area contributed by atoms with Crippen LogP contribution >= 0.6 is 0 Å². The molecule has 5 N–H and O–H groups in total. The highest BCUT2D eigenvalue weighted by Gasteiger charge is 2.29. The third-order valence-electron chi connectivity index (χ3n) is 2.87. The number of imidazole rings is 1. The maximum atomic E-state index is 9.33. The fraction of sp³-hybridized carbons (Fsp3) is 0.455. The molecule has 2 aromatic rings. The Morgan fingerprint density at radius 1 is 1.10 bits per heavy atom. The molecule has 0 aromatic carbocycles. The van der Waals surface area contributed by atoms with Crippen LogP contribution in [0.3, 0.4) is 0 Å². The summed E-state index contributed by atoms with van der Waals surface area (Å²) in [6.45, 7) is -1.46. The monoisotopic (exact) mass is 295 g/mol. The molecule has 0 spiro atoms. The van der Waals surface area contributed by atoms with E-state index >= 15 is 0 Å². The van der Waals surface area contributed by atoms with E-state index in [2.05, 4.69) is 30.6 Å². The van der Waals surface area contributed by atoms with Crippen LogP contribution in [0.15, 0.2) is 18.7 Å². The SMILES string of the molecule is CNc1nc(NC(CO)(CO)CO)nc(-n2ccnc2)n1. The smallest absolute Gasteiger partial charge is 0.241 e. The third kappa shape index (κ3) is 3.24. The Kier molecular flexibility index (Phi) is 4.62. The van der Waals surface area contributed by atoms with Gasteiger partial charge in [-0.15, -0.1) is 0 Å². The molecule has 0 unspecified atom stereocenters. The van der Waals surface area contributed by atoms with Gasteiger partial charge in [0.25, 0.3) is 0 Å². The van der Waals surface area contributed by atoms with Gasteiger partial charge in [-0.25, -0.2) is 4.98 Å². The van der Waals surface area contributed by atoms with Crippen molar-refractivity contribution in [3.8, 4) is 5.95 Å². The Balaban J connectivity index is 2.37. The van der Waals surface area contributed by atoms with Gasteiger partial charge in [0.2, 0.25) is 17.8 Å². The number of anilines is 2. The van der Waals surface area contributed by atoms with Crippen LogP contribution in [0.4, 0.5) is 11.9 Å². The van der Waals surface area contributed by atoms with Gasteiger partial charge in [-0.3, -0.25) is 4.57 Å². The van der Waals surface area contributed by atoms with Crippen molar-refractivity contribution in [1.29, 1.82) is 0 Å². The van der Waals surface area contributed by atoms with Crippen LogP contribution in [0.5, 0.6) is 0 Å². The number of hydrogen-bond donors (Lipinski definition) is 5. The summed E-state index contributed by atoms with van der Waals surface area (Å²) in [5.74, 6) is 0.700. The van der Waals surface area contributed by atoms with Gasteiger partial charge in [0.15, 0.2) is 0 Å². The molecule has 10 heteroatoms. The van der Waals surface area contributed by atoms with Gasteiger partial charge < -0.3 is 26.0 Å². The lowest BCUT2D eigenvalue weighted by atomic mass is 10.0. The second kappa shape index (κ2) is 6.43. The van der Waals surface area contributed by atoms with Gasteiger partial charge in [0.05, 0.1) is 19.8 Å². The highest BCUT2D eigenvalue weighted by atomic mass is 16.3. The first-order valence-corrected chi connectivity index (χ1v) is 6.19. The first kappa shape index (κ1) is 15.1. The number of nitrogens with one attached hydrogen (secondary N) is 2. The number of aliphatic hydroxyl groups is 3. The Hall–Kier alpha value is -2.30. The van der Waals surface area contributed by atoms with E-state index in [1.807, 2.05) is 0 Å². The van der Waals surface area contributed by atoms with Crippen LogP contribution < -0.4 is 10.6 Å². The molecule has 0 aliphatic rings. The molecule has 0 radical (unpaired) electrons. The van der Waals surface area contributed by atoms with Crippen molar-refractivity contribution in [3.05, 3.63) is 18.7 Å². The quantitative estimate of drug-likeness (QED) is 0.401. The zero-order chi connectivity index (χ0) is 15.3. The molecule has 0 bridgehead atoms. The summed E-state index contributed by atoms with van der Waals surface area (Å²) in [6.07, 6.45) is 4.77. The first-order valence-electron chi connectivity index (χ1n) is 6.19. The van der Waals surface area contributed by atoms with Crippen molar-refractivity contribution in [2.45, 2.75) is 5.54 Å². The topological polar surface area (TPSA) is 141 Å². The zero-order valence-corrected chi connectivity index (χ0v) is 11.4. The van der Waals surface area contributed by atoms with Crippen LogP contribution in [0, 0.1) is 0 Å². The summed E-state index contributed by atoms with van der Waals surface area (Å²) < 4.78 is 1.58. The van der Waals surface area contributed by atoms with Crippen molar-refractivity contribution < 1.29 is 15.3 Å². The third-order valence-corrected chi connectivity index (χ3v) is 2.87. The highest BCUT2D eigenvalue weighted by Crippen LogP contribution is 2.14. The van der Waals surface area contributed by atoms with Crippen LogP contribution in [-0.4, -0.2) is 72.2 Å². The Morgan fingerprint density at radius 3 is 2.29 bits per heavy atom. The predicted octanol–water partition coefficient (Wildman–Crippen LogP) is -1.77. The molecule has 21 heavy (non-hydrogen) atoms. The van der Waals surface area contributed by atoms with Crippen molar-refractivity contribution in [2.24, 2.45) is 0 Å². The molecular weight excluding hydrogens is 278 g/mol. The van der Waals surface area contributed by atoms with Gasteiger partial charge in [-0.05, 0) is 0 Å². The van der Waals surface area contributed by atoms with E-state index in [1.54, 1.807) is 24.0 Å². The lowest BCUT2D eigenvalue weighted by Gasteiger charge is -2.28. The van der Waals surface area contributed by atoms with E-state index < -0.39 is 25.4 Å². The van der Waals surface area contributed by atoms with Crippen LogP contribution in [-0.2, 0) is 0 Å². The minimum Gasteiger partial charge on any atom is -0.394 e. The fourth-order valence-corrected chi connectivity index (χ4v) is 1.53. The molecule has 114 valence electrons. The summed E-state index contributed by atoms with van der Waals surface area (Å²) in [5.41, 5.74) is -1.32. The van der Waals surface area contributed by atoms with Gasteiger partial charge in [-0.1, -0.05) is 0 Å².